The van der Waals surface area contributed by atoms with Gasteiger partial charge in [0.1, 0.15) is 11.8 Å². The van der Waals surface area contributed by atoms with Crippen LogP contribution in [0.1, 0.15) is 17.3 Å². The topological polar surface area (TPSA) is 30.2 Å². The van der Waals surface area contributed by atoms with E-state index in [1.165, 1.54) is 6.92 Å². The van der Waals surface area contributed by atoms with Crippen molar-refractivity contribution in [2.75, 3.05) is 0 Å². The van der Waals surface area contributed by atoms with Gasteiger partial charge in [0, 0.05) is 5.39 Å². The summed E-state index contributed by atoms with van der Waals surface area (Å²) in [6.45, 7) is 1.53. The second kappa shape index (κ2) is 3.00. The highest BCUT2D eigenvalue weighted by Crippen LogP contribution is 2.28. The molecule has 0 amide bonds. The molecule has 2 nitrogen and oxygen atoms in total. The van der Waals surface area contributed by atoms with Gasteiger partial charge in [0.15, 0.2) is 5.78 Å². The Morgan fingerprint density at radius 2 is 2.23 bits per heavy atom. The first-order chi connectivity index (χ1) is 6.20. The zero-order valence-electron chi connectivity index (χ0n) is 7.00. The Morgan fingerprint density at radius 3 is 2.92 bits per heavy atom. The maximum Gasteiger partial charge on any atom is 0.163 e. The molecule has 0 saturated carbocycles. The third-order valence-corrected chi connectivity index (χ3v) is 2.55. The largest absolute Gasteiger partial charge is 0.462 e. The number of rotatable bonds is 1. The highest BCUT2D eigenvalue weighted by atomic mass is 79.9. The molecule has 0 fully saturated rings. The van der Waals surface area contributed by atoms with E-state index in [2.05, 4.69) is 15.9 Å². The fourth-order valence-corrected chi connectivity index (χ4v) is 1.71. The molecule has 0 aliphatic rings. The van der Waals surface area contributed by atoms with Crippen molar-refractivity contribution in [3.05, 3.63) is 34.5 Å². The number of carbonyl (C=O) groups excluding carboxylic acids is 1. The van der Waals surface area contributed by atoms with Crippen molar-refractivity contribution < 1.29 is 9.21 Å². The van der Waals surface area contributed by atoms with E-state index in [1.54, 1.807) is 12.3 Å². The van der Waals surface area contributed by atoms with Crippen LogP contribution in [0.2, 0.25) is 0 Å². The molecule has 2 rings (SSSR count). The van der Waals surface area contributed by atoms with Crippen LogP contribution in [-0.4, -0.2) is 5.78 Å². The second-order valence-corrected chi connectivity index (χ2v) is 3.68. The lowest BCUT2D eigenvalue weighted by atomic mass is 10.1. The van der Waals surface area contributed by atoms with Crippen LogP contribution in [0.3, 0.4) is 0 Å². The summed E-state index contributed by atoms with van der Waals surface area (Å²) >= 11 is 3.35. The highest BCUT2D eigenvalue weighted by molar-refractivity contribution is 9.10. The molecule has 0 radical (unpaired) electrons. The maximum atomic E-state index is 11.2. The fourth-order valence-electron chi connectivity index (χ4n) is 1.30. The minimum Gasteiger partial charge on any atom is -0.462 e. The summed E-state index contributed by atoms with van der Waals surface area (Å²) in [5, 5.41) is 0.938. The molecule has 0 N–H and O–H groups in total. The van der Waals surface area contributed by atoms with Crippen LogP contribution >= 0.6 is 15.9 Å². The zero-order valence-corrected chi connectivity index (χ0v) is 8.59. The number of benzene rings is 1. The second-order valence-electron chi connectivity index (χ2n) is 2.82. The zero-order chi connectivity index (χ0) is 9.42. The van der Waals surface area contributed by atoms with Crippen LogP contribution in [0.25, 0.3) is 11.0 Å². The quantitative estimate of drug-likeness (QED) is 0.714. The van der Waals surface area contributed by atoms with Crippen molar-refractivity contribution in [3.8, 4) is 0 Å². The molecule has 0 saturated heterocycles. The molecule has 13 heavy (non-hydrogen) atoms. The van der Waals surface area contributed by atoms with E-state index in [0.29, 0.717) is 11.1 Å². The van der Waals surface area contributed by atoms with Crippen LogP contribution in [0.15, 0.2) is 33.4 Å². The predicted molar refractivity (Wildman–Crippen MR) is 53.9 cm³/mol. The van der Waals surface area contributed by atoms with Gasteiger partial charge in [-0.15, -0.1) is 0 Å². The van der Waals surface area contributed by atoms with Gasteiger partial charge in [-0.3, -0.25) is 4.79 Å². The van der Waals surface area contributed by atoms with Crippen LogP contribution in [0, 0.1) is 0 Å². The number of carbonyl (C=O) groups is 1. The number of ketones is 1. The Balaban J connectivity index is 2.84. The van der Waals surface area contributed by atoms with Crippen molar-refractivity contribution in [2.24, 2.45) is 0 Å². The summed E-state index contributed by atoms with van der Waals surface area (Å²) in [6, 6.07) is 5.52. The number of halogens is 1. The molecule has 66 valence electrons. The number of para-hydroxylation sites is 1. The molecule has 1 heterocycles. The molecule has 1 aromatic carbocycles. The molecule has 0 unspecified atom stereocenters. The lowest BCUT2D eigenvalue weighted by molar-refractivity contribution is 0.101. The van der Waals surface area contributed by atoms with E-state index < -0.39 is 0 Å². The van der Waals surface area contributed by atoms with Crippen LogP contribution in [0.4, 0.5) is 0 Å². The molecular weight excluding hydrogens is 232 g/mol. The molecule has 0 bridgehead atoms. The molecular formula is C10H7BrO2. The average molecular weight is 239 g/mol. The van der Waals surface area contributed by atoms with Gasteiger partial charge in [0.25, 0.3) is 0 Å². The number of hydrogen-bond donors (Lipinski definition) is 0. The van der Waals surface area contributed by atoms with Gasteiger partial charge in [-0.25, -0.2) is 0 Å². The molecule has 3 heteroatoms. The lowest BCUT2D eigenvalue weighted by Gasteiger charge is -1.95. The smallest absolute Gasteiger partial charge is 0.163 e. The van der Waals surface area contributed by atoms with Crippen molar-refractivity contribution in [3.63, 3.8) is 0 Å². The summed E-state index contributed by atoms with van der Waals surface area (Å²) in [4.78, 5) is 11.2. The van der Waals surface area contributed by atoms with E-state index in [9.17, 15) is 4.79 Å². The molecule has 0 aliphatic heterocycles. The summed E-state index contributed by atoms with van der Waals surface area (Å²) in [6.07, 6.45) is 1.59. The number of hydrogen-bond acceptors (Lipinski definition) is 2. The molecule has 2 aromatic rings. The van der Waals surface area contributed by atoms with Gasteiger partial charge in [-0.2, -0.15) is 0 Å². The summed E-state index contributed by atoms with van der Waals surface area (Å²) in [5.74, 6) is 0.0208. The molecule has 1 aromatic heterocycles. The number of furan rings is 1. The van der Waals surface area contributed by atoms with Gasteiger partial charge < -0.3 is 4.42 Å². The average Bonchev–Trinajstić information content (AvgIpc) is 2.48. The number of fused-ring (bicyclic) bond motifs is 1. The molecule has 0 aliphatic carbocycles. The van der Waals surface area contributed by atoms with Gasteiger partial charge in [0.05, 0.1) is 10.0 Å². The van der Waals surface area contributed by atoms with Crippen molar-refractivity contribution >= 4 is 32.7 Å². The maximum absolute atomic E-state index is 11.2. The Hall–Kier alpha value is -1.09. The van der Waals surface area contributed by atoms with Gasteiger partial charge in [-0.05, 0) is 35.0 Å². The van der Waals surface area contributed by atoms with E-state index in [0.717, 1.165) is 9.86 Å². The van der Waals surface area contributed by atoms with E-state index in [-0.39, 0.29) is 5.78 Å². The first kappa shape index (κ1) is 8.51. The highest BCUT2D eigenvalue weighted by Gasteiger charge is 2.10. The number of Topliss-reactive ketones (excluding diaryl/α,β-unsaturated/α-hetero) is 1. The fraction of sp³-hybridized carbons (Fsp3) is 0.100. The van der Waals surface area contributed by atoms with Crippen LogP contribution < -0.4 is 0 Å². The van der Waals surface area contributed by atoms with Crippen molar-refractivity contribution in [1.29, 1.82) is 0 Å². The normalized spacial score (nSPS) is 10.6. The molecule has 0 atom stereocenters. The summed E-state index contributed by atoms with van der Waals surface area (Å²) in [5.41, 5.74) is 1.28. The van der Waals surface area contributed by atoms with Crippen LogP contribution in [-0.2, 0) is 0 Å². The van der Waals surface area contributed by atoms with Crippen LogP contribution in [0.5, 0.6) is 0 Å². The van der Waals surface area contributed by atoms with Gasteiger partial charge >= 0.3 is 0 Å². The Kier molecular flexibility index (Phi) is 1.96. The van der Waals surface area contributed by atoms with E-state index >= 15 is 0 Å². The Morgan fingerprint density at radius 1 is 1.46 bits per heavy atom. The van der Waals surface area contributed by atoms with Crippen molar-refractivity contribution in [1.82, 2.24) is 0 Å². The lowest BCUT2D eigenvalue weighted by Crippen LogP contribution is -1.91. The van der Waals surface area contributed by atoms with E-state index in [4.69, 9.17) is 4.42 Å². The third kappa shape index (κ3) is 1.29. The summed E-state index contributed by atoms with van der Waals surface area (Å²) in [7, 11) is 0. The minimum absolute atomic E-state index is 0.0208. The first-order valence-corrected chi connectivity index (χ1v) is 4.66. The Labute approximate surface area is 83.7 Å². The Bertz CT molecular complexity index is 471. The van der Waals surface area contributed by atoms with Gasteiger partial charge in [-0.1, -0.05) is 6.07 Å². The summed E-state index contributed by atoms with van der Waals surface area (Å²) < 4.78 is 6.15. The standard InChI is InChI=1S/C10H7BrO2/c1-6(12)7-3-2-4-8-9(11)5-13-10(7)8/h2-5H,1H3. The first-order valence-electron chi connectivity index (χ1n) is 3.87. The third-order valence-electron chi connectivity index (χ3n) is 1.93. The monoisotopic (exact) mass is 238 g/mol. The SMILES string of the molecule is CC(=O)c1cccc2c(Br)coc12. The van der Waals surface area contributed by atoms with Crippen molar-refractivity contribution in [2.45, 2.75) is 6.92 Å². The minimum atomic E-state index is 0.0208. The predicted octanol–water partition coefficient (Wildman–Crippen LogP) is 3.40. The van der Waals surface area contributed by atoms with E-state index in [1.807, 2.05) is 12.1 Å². The van der Waals surface area contributed by atoms with Gasteiger partial charge in [0.2, 0.25) is 0 Å². The molecule has 0 spiro atoms.